The quantitative estimate of drug-likeness (QED) is 0.799. The summed E-state index contributed by atoms with van der Waals surface area (Å²) in [6.07, 6.45) is 6.57. The average molecular weight is 379 g/mol. The Morgan fingerprint density at radius 1 is 1.12 bits per heavy atom. The molecule has 26 heavy (non-hydrogen) atoms. The molecule has 1 aliphatic heterocycles. The highest BCUT2D eigenvalue weighted by atomic mass is 35.5. The smallest absolute Gasteiger partial charge is 0.242 e. The van der Waals surface area contributed by atoms with Crippen LogP contribution in [0.25, 0.3) is 0 Å². The molecular weight excluding hydrogens is 352 g/mol. The summed E-state index contributed by atoms with van der Waals surface area (Å²) >= 11 is 5.94. The molecule has 2 fully saturated rings. The Morgan fingerprint density at radius 2 is 1.85 bits per heavy atom. The average Bonchev–Trinajstić information content (AvgIpc) is 2.67. The summed E-state index contributed by atoms with van der Waals surface area (Å²) in [5.41, 5.74) is 0. The van der Waals surface area contributed by atoms with E-state index in [9.17, 15) is 9.59 Å². The summed E-state index contributed by atoms with van der Waals surface area (Å²) in [6.45, 7) is 2.79. The Morgan fingerprint density at radius 3 is 2.54 bits per heavy atom. The molecule has 3 rings (SSSR count). The van der Waals surface area contributed by atoms with Crippen LogP contribution in [0.3, 0.4) is 0 Å². The van der Waals surface area contributed by atoms with Gasteiger partial charge in [0.25, 0.3) is 0 Å². The molecule has 7 heteroatoms. The fraction of sp³-hybridized carbons (Fsp3) is 0.632. The van der Waals surface area contributed by atoms with E-state index >= 15 is 0 Å². The molecule has 2 amide bonds. The maximum absolute atomic E-state index is 12.3. The van der Waals surface area contributed by atoms with E-state index in [1.54, 1.807) is 6.07 Å². The normalized spacial score (nSPS) is 18.7. The number of hydrogen-bond acceptors (Lipinski definition) is 4. The predicted octanol–water partition coefficient (Wildman–Crippen LogP) is 2.47. The number of carbonyl (C=O) groups excluding carboxylic acids is 2. The van der Waals surface area contributed by atoms with E-state index in [0.717, 1.165) is 31.7 Å². The maximum atomic E-state index is 12.3. The molecule has 1 saturated heterocycles. The van der Waals surface area contributed by atoms with Crippen molar-refractivity contribution in [3.8, 4) is 0 Å². The van der Waals surface area contributed by atoms with Crippen molar-refractivity contribution >= 4 is 29.2 Å². The Hall–Kier alpha value is -1.82. The molecule has 0 aromatic carbocycles. The van der Waals surface area contributed by atoms with Gasteiger partial charge in [-0.15, -0.1) is 0 Å². The first-order chi connectivity index (χ1) is 12.6. The highest BCUT2D eigenvalue weighted by Crippen LogP contribution is 2.26. The van der Waals surface area contributed by atoms with Crippen molar-refractivity contribution in [1.29, 1.82) is 0 Å². The van der Waals surface area contributed by atoms with Gasteiger partial charge in [-0.05, 0) is 30.9 Å². The first kappa shape index (κ1) is 19.0. The fourth-order valence-electron chi connectivity index (χ4n) is 3.77. The highest BCUT2D eigenvalue weighted by molar-refractivity contribution is 6.29. The molecule has 1 aliphatic carbocycles. The number of anilines is 1. The second kappa shape index (κ2) is 9.21. The van der Waals surface area contributed by atoms with Gasteiger partial charge < -0.3 is 15.1 Å². The van der Waals surface area contributed by atoms with Crippen molar-refractivity contribution in [2.24, 2.45) is 5.92 Å². The third-order valence-corrected chi connectivity index (χ3v) is 5.50. The molecule has 0 atom stereocenters. The third kappa shape index (κ3) is 5.34. The number of hydrogen-bond donors (Lipinski definition) is 1. The van der Waals surface area contributed by atoms with Crippen molar-refractivity contribution in [3.05, 3.63) is 23.4 Å². The number of halogens is 1. The van der Waals surface area contributed by atoms with Crippen molar-refractivity contribution in [3.63, 3.8) is 0 Å². The van der Waals surface area contributed by atoms with Crippen LogP contribution in [0.1, 0.15) is 38.5 Å². The zero-order chi connectivity index (χ0) is 18.4. The van der Waals surface area contributed by atoms with Crippen molar-refractivity contribution in [2.45, 2.75) is 38.5 Å². The van der Waals surface area contributed by atoms with E-state index < -0.39 is 0 Å². The number of rotatable bonds is 5. The first-order valence-corrected chi connectivity index (χ1v) is 9.91. The summed E-state index contributed by atoms with van der Waals surface area (Å²) in [5.74, 6) is 1.32. The largest absolute Gasteiger partial charge is 0.353 e. The van der Waals surface area contributed by atoms with Crippen LogP contribution in [0.2, 0.25) is 5.15 Å². The van der Waals surface area contributed by atoms with Crippen molar-refractivity contribution < 1.29 is 9.59 Å². The van der Waals surface area contributed by atoms with Crippen LogP contribution in [-0.4, -0.2) is 54.4 Å². The molecule has 0 bridgehead atoms. The zero-order valence-electron chi connectivity index (χ0n) is 15.1. The summed E-state index contributed by atoms with van der Waals surface area (Å²) in [7, 11) is 0. The zero-order valence-corrected chi connectivity index (χ0v) is 15.9. The predicted molar refractivity (Wildman–Crippen MR) is 102 cm³/mol. The van der Waals surface area contributed by atoms with E-state index in [1.807, 2.05) is 17.0 Å². The molecule has 0 unspecified atom stereocenters. The van der Waals surface area contributed by atoms with Crippen molar-refractivity contribution in [2.75, 3.05) is 37.6 Å². The van der Waals surface area contributed by atoms with Gasteiger partial charge in [0.2, 0.25) is 11.8 Å². The molecule has 1 aromatic rings. The molecule has 142 valence electrons. The molecule has 1 N–H and O–H groups in total. The Kier molecular flexibility index (Phi) is 6.72. The SMILES string of the molecule is O=C(CC1CCCCC1)NCC(=O)N1CCN(c2cccc(Cl)n2)CC1. The monoisotopic (exact) mass is 378 g/mol. The van der Waals surface area contributed by atoms with Crippen LogP contribution in [0.5, 0.6) is 0 Å². The number of nitrogens with zero attached hydrogens (tertiary/aromatic N) is 3. The van der Waals surface area contributed by atoms with Crippen LogP contribution in [0.15, 0.2) is 18.2 Å². The van der Waals surface area contributed by atoms with Gasteiger partial charge in [-0.1, -0.05) is 36.9 Å². The van der Waals surface area contributed by atoms with Crippen LogP contribution < -0.4 is 10.2 Å². The summed E-state index contributed by atoms with van der Waals surface area (Å²) in [5, 5.41) is 3.28. The molecular formula is C19H27ClN4O2. The lowest BCUT2D eigenvalue weighted by Crippen LogP contribution is -2.51. The minimum absolute atomic E-state index is 0.00649. The van der Waals surface area contributed by atoms with Gasteiger partial charge in [0.15, 0.2) is 0 Å². The second-order valence-corrected chi connectivity index (χ2v) is 7.56. The van der Waals surface area contributed by atoms with Gasteiger partial charge in [0.05, 0.1) is 6.54 Å². The molecule has 0 spiro atoms. The van der Waals surface area contributed by atoms with Gasteiger partial charge in [-0.2, -0.15) is 0 Å². The lowest BCUT2D eigenvalue weighted by Gasteiger charge is -2.35. The Labute approximate surface area is 159 Å². The highest BCUT2D eigenvalue weighted by Gasteiger charge is 2.23. The minimum atomic E-state index is -0.0132. The van der Waals surface area contributed by atoms with E-state index in [0.29, 0.717) is 30.6 Å². The van der Waals surface area contributed by atoms with E-state index in [-0.39, 0.29) is 18.4 Å². The van der Waals surface area contributed by atoms with Gasteiger partial charge in [0.1, 0.15) is 11.0 Å². The minimum Gasteiger partial charge on any atom is -0.353 e. The Bertz CT molecular complexity index is 626. The summed E-state index contributed by atoms with van der Waals surface area (Å²) in [4.78, 5) is 32.6. The fourth-order valence-corrected chi connectivity index (χ4v) is 3.93. The lowest BCUT2D eigenvalue weighted by atomic mass is 9.87. The van der Waals surface area contributed by atoms with Gasteiger partial charge in [-0.25, -0.2) is 4.98 Å². The molecule has 0 radical (unpaired) electrons. The standard InChI is InChI=1S/C19H27ClN4O2/c20-16-7-4-8-17(22-16)23-9-11-24(12-10-23)19(26)14-21-18(25)13-15-5-2-1-3-6-15/h4,7-8,15H,1-3,5-6,9-14H2,(H,21,25). The molecule has 6 nitrogen and oxygen atoms in total. The topological polar surface area (TPSA) is 65.5 Å². The van der Waals surface area contributed by atoms with Crippen LogP contribution in [0.4, 0.5) is 5.82 Å². The molecule has 2 aliphatic rings. The summed E-state index contributed by atoms with van der Waals surface area (Å²) < 4.78 is 0. The first-order valence-electron chi connectivity index (χ1n) is 9.54. The lowest BCUT2D eigenvalue weighted by molar-refractivity contribution is -0.133. The van der Waals surface area contributed by atoms with Gasteiger partial charge in [0, 0.05) is 32.6 Å². The number of piperazine rings is 1. The number of carbonyl (C=O) groups is 2. The van der Waals surface area contributed by atoms with E-state index in [2.05, 4.69) is 15.2 Å². The van der Waals surface area contributed by atoms with Gasteiger partial charge in [-0.3, -0.25) is 9.59 Å². The molecule has 2 heterocycles. The van der Waals surface area contributed by atoms with Crippen molar-refractivity contribution in [1.82, 2.24) is 15.2 Å². The third-order valence-electron chi connectivity index (χ3n) is 5.29. The maximum Gasteiger partial charge on any atom is 0.242 e. The molecule has 1 saturated carbocycles. The van der Waals surface area contributed by atoms with Crippen LogP contribution in [0, 0.1) is 5.92 Å². The number of aromatic nitrogens is 1. The molecule has 1 aromatic heterocycles. The Balaban J connectivity index is 1.38. The van der Waals surface area contributed by atoms with Gasteiger partial charge >= 0.3 is 0 Å². The number of pyridine rings is 1. The second-order valence-electron chi connectivity index (χ2n) is 7.17. The summed E-state index contributed by atoms with van der Waals surface area (Å²) in [6, 6.07) is 5.56. The van der Waals surface area contributed by atoms with Crippen LogP contribution in [-0.2, 0) is 9.59 Å². The van der Waals surface area contributed by atoms with Crippen LogP contribution >= 0.6 is 11.6 Å². The van der Waals surface area contributed by atoms with E-state index in [1.165, 1.54) is 19.3 Å². The number of amides is 2. The van der Waals surface area contributed by atoms with E-state index in [4.69, 9.17) is 11.6 Å². The number of nitrogens with one attached hydrogen (secondary N) is 1.